The van der Waals surface area contributed by atoms with Crippen molar-refractivity contribution in [3.63, 3.8) is 0 Å². The van der Waals surface area contributed by atoms with E-state index in [4.69, 9.17) is 4.74 Å². The molecule has 1 aromatic carbocycles. The van der Waals surface area contributed by atoms with E-state index >= 15 is 0 Å². The Morgan fingerprint density at radius 2 is 2.36 bits per heavy atom. The molecule has 2 rings (SSSR count). The van der Waals surface area contributed by atoms with Gasteiger partial charge in [0.1, 0.15) is 12.4 Å². The molecule has 0 aromatic heterocycles. The fourth-order valence-electron chi connectivity index (χ4n) is 1.30. The third kappa shape index (κ3) is 1.80. The number of hydrogen-bond donors (Lipinski definition) is 0. The topological polar surface area (TPSA) is 21.6 Å². The van der Waals surface area contributed by atoms with Gasteiger partial charge in [-0.2, -0.15) is 0 Å². The molecule has 0 atom stereocenters. The average Bonchev–Trinajstić information content (AvgIpc) is 2.70. The summed E-state index contributed by atoms with van der Waals surface area (Å²) in [6, 6.07) is 5.02. The van der Waals surface area contributed by atoms with E-state index in [-0.39, 0.29) is 5.82 Å². The minimum Gasteiger partial charge on any atom is -0.476 e. The van der Waals surface area contributed by atoms with E-state index < -0.39 is 0 Å². The first-order valence-electron chi connectivity index (χ1n) is 4.33. The third-order valence-corrected chi connectivity index (χ3v) is 2.63. The van der Waals surface area contributed by atoms with E-state index in [0.29, 0.717) is 35.5 Å². The molecule has 2 nitrogen and oxygen atoms in total. The molecule has 0 bridgehead atoms. The summed E-state index contributed by atoms with van der Waals surface area (Å²) in [5, 5.41) is 0.520. The molecule has 74 valence electrons. The maximum absolute atomic E-state index is 13.4. The number of alkyl halides is 1. The molecule has 0 spiro atoms. The van der Waals surface area contributed by atoms with Crippen molar-refractivity contribution in [1.29, 1.82) is 0 Å². The molecule has 1 aliphatic rings. The Kier molecular flexibility index (Phi) is 2.82. The average molecular weight is 258 g/mol. The first kappa shape index (κ1) is 9.65. The first-order chi connectivity index (χ1) is 6.81. The summed E-state index contributed by atoms with van der Waals surface area (Å²) >= 11 is 3.21. The van der Waals surface area contributed by atoms with Crippen molar-refractivity contribution >= 4 is 21.8 Å². The number of aliphatic imine (C=N–C) groups is 1. The zero-order chi connectivity index (χ0) is 9.97. The smallest absolute Gasteiger partial charge is 0.216 e. The van der Waals surface area contributed by atoms with Crippen LogP contribution in [0.5, 0.6) is 0 Å². The molecule has 1 aliphatic heterocycles. The van der Waals surface area contributed by atoms with Gasteiger partial charge >= 0.3 is 0 Å². The number of benzene rings is 1. The van der Waals surface area contributed by atoms with Crippen molar-refractivity contribution in [2.75, 3.05) is 13.2 Å². The highest BCUT2D eigenvalue weighted by molar-refractivity contribution is 9.08. The molecule has 4 heteroatoms. The zero-order valence-corrected chi connectivity index (χ0v) is 9.05. The second-order valence-corrected chi connectivity index (χ2v) is 3.54. The van der Waals surface area contributed by atoms with Gasteiger partial charge in [0, 0.05) is 10.9 Å². The van der Waals surface area contributed by atoms with Gasteiger partial charge < -0.3 is 4.74 Å². The van der Waals surface area contributed by atoms with Crippen LogP contribution < -0.4 is 0 Å². The van der Waals surface area contributed by atoms with Gasteiger partial charge in [-0.25, -0.2) is 9.38 Å². The van der Waals surface area contributed by atoms with Crippen molar-refractivity contribution in [2.24, 2.45) is 4.99 Å². The Labute approximate surface area is 89.9 Å². The van der Waals surface area contributed by atoms with Gasteiger partial charge in [0.25, 0.3) is 0 Å². The van der Waals surface area contributed by atoms with Crippen LogP contribution in [0, 0.1) is 5.82 Å². The summed E-state index contributed by atoms with van der Waals surface area (Å²) in [6.07, 6.45) is 0. The molecule has 1 heterocycles. The molecule has 0 saturated carbocycles. The van der Waals surface area contributed by atoms with Crippen molar-refractivity contribution in [3.8, 4) is 0 Å². The van der Waals surface area contributed by atoms with Crippen LogP contribution >= 0.6 is 15.9 Å². The van der Waals surface area contributed by atoms with Crippen molar-refractivity contribution in [1.82, 2.24) is 0 Å². The Balaban J connectivity index is 2.32. The summed E-state index contributed by atoms with van der Waals surface area (Å²) in [5.74, 6) is 0.322. The van der Waals surface area contributed by atoms with Gasteiger partial charge in [-0.1, -0.05) is 22.0 Å². The van der Waals surface area contributed by atoms with E-state index in [0.717, 1.165) is 0 Å². The van der Waals surface area contributed by atoms with Crippen molar-refractivity contribution in [3.05, 3.63) is 35.1 Å². The van der Waals surface area contributed by atoms with Gasteiger partial charge in [0.15, 0.2) is 0 Å². The van der Waals surface area contributed by atoms with Crippen LogP contribution in [-0.4, -0.2) is 19.0 Å². The quantitative estimate of drug-likeness (QED) is 0.747. The standard InChI is InChI=1S/C10H9BrFNO/c11-6-8-2-1-7(5-9(8)12)10-13-3-4-14-10/h1-2,5H,3-4,6H2. The molecule has 0 fully saturated rings. The third-order valence-electron chi connectivity index (χ3n) is 2.03. The van der Waals surface area contributed by atoms with Gasteiger partial charge in [-0.15, -0.1) is 0 Å². The molecular formula is C10H9BrFNO. The van der Waals surface area contributed by atoms with Crippen LogP contribution in [0.15, 0.2) is 23.2 Å². The largest absolute Gasteiger partial charge is 0.476 e. The van der Waals surface area contributed by atoms with Crippen LogP contribution in [0.2, 0.25) is 0 Å². The van der Waals surface area contributed by atoms with E-state index in [1.54, 1.807) is 6.07 Å². The maximum Gasteiger partial charge on any atom is 0.216 e. The Morgan fingerprint density at radius 1 is 1.50 bits per heavy atom. The summed E-state index contributed by atoms with van der Waals surface area (Å²) < 4.78 is 18.6. The molecule has 0 amide bonds. The molecule has 1 aromatic rings. The van der Waals surface area contributed by atoms with Gasteiger partial charge in [-0.3, -0.25) is 0 Å². The molecule has 0 saturated heterocycles. The molecule has 0 unspecified atom stereocenters. The molecule has 0 aliphatic carbocycles. The number of ether oxygens (including phenoxy) is 1. The highest BCUT2D eigenvalue weighted by Gasteiger charge is 2.12. The normalized spacial score (nSPS) is 15.1. The minimum absolute atomic E-state index is 0.224. The molecule has 0 N–H and O–H groups in total. The molecular weight excluding hydrogens is 249 g/mol. The van der Waals surface area contributed by atoms with E-state index in [1.165, 1.54) is 6.07 Å². The lowest BCUT2D eigenvalue weighted by atomic mass is 10.1. The second-order valence-electron chi connectivity index (χ2n) is 2.98. The second kappa shape index (κ2) is 4.09. The maximum atomic E-state index is 13.4. The summed E-state index contributed by atoms with van der Waals surface area (Å²) in [5.41, 5.74) is 1.36. The zero-order valence-electron chi connectivity index (χ0n) is 7.46. The van der Waals surface area contributed by atoms with Gasteiger partial charge in [0.2, 0.25) is 5.90 Å². The summed E-state index contributed by atoms with van der Waals surface area (Å²) in [6.45, 7) is 1.26. The highest BCUT2D eigenvalue weighted by Crippen LogP contribution is 2.15. The predicted octanol–water partition coefficient (Wildman–Crippen LogP) is 2.50. The van der Waals surface area contributed by atoms with E-state index in [1.807, 2.05) is 6.07 Å². The lowest BCUT2D eigenvalue weighted by molar-refractivity contribution is 0.348. The SMILES string of the molecule is Fc1cc(C2=NCCO2)ccc1CBr. The van der Waals surface area contributed by atoms with Crippen LogP contribution in [0.3, 0.4) is 0 Å². The number of rotatable bonds is 2. The van der Waals surface area contributed by atoms with Crippen LogP contribution in [0.1, 0.15) is 11.1 Å². The first-order valence-corrected chi connectivity index (χ1v) is 5.45. The van der Waals surface area contributed by atoms with Gasteiger partial charge in [-0.05, 0) is 17.7 Å². The number of halogens is 2. The molecule has 0 radical (unpaired) electrons. The highest BCUT2D eigenvalue weighted by atomic mass is 79.9. The van der Waals surface area contributed by atoms with Crippen molar-refractivity contribution < 1.29 is 9.13 Å². The van der Waals surface area contributed by atoms with Crippen LogP contribution in [0.4, 0.5) is 4.39 Å². The van der Waals surface area contributed by atoms with E-state index in [2.05, 4.69) is 20.9 Å². The van der Waals surface area contributed by atoms with Crippen molar-refractivity contribution in [2.45, 2.75) is 5.33 Å². The van der Waals surface area contributed by atoms with E-state index in [9.17, 15) is 4.39 Å². The Bertz CT molecular complexity index is 378. The lowest BCUT2D eigenvalue weighted by Crippen LogP contribution is -2.02. The Hall–Kier alpha value is -0.900. The fourth-order valence-corrected chi connectivity index (χ4v) is 1.75. The fraction of sp³-hybridized carbons (Fsp3) is 0.300. The minimum atomic E-state index is -0.224. The predicted molar refractivity (Wildman–Crippen MR) is 56.4 cm³/mol. The molecule has 14 heavy (non-hydrogen) atoms. The Morgan fingerprint density at radius 3 is 2.93 bits per heavy atom. The summed E-state index contributed by atoms with van der Waals surface area (Å²) in [4.78, 5) is 4.12. The van der Waals surface area contributed by atoms with Crippen LogP contribution in [-0.2, 0) is 10.1 Å². The number of hydrogen-bond acceptors (Lipinski definition) is 2. The van der Waals surface area contributed by atoms with Gasteiger partial charge in [0.05, 0.1) is 6.54 Å². The lowest BCUT2D eigenvalue weighted by Gasteiger charge is -2.03. The van der Waals surface area contributed by atoms with Crippen LogP contribution in [0.25, 0.3) is 0 Å². The number of nitrogens with zero attached hydrogens (tertiary/aromatic N) is 1. The monoisotopic (exact) mass is 257 g/mol. The summed E-state index contributed by atoms with van der Waals surface area (Å²) in [7, 11) is 0.